The van der Waals surface area contributed by atoms with Gasteiger partial charge >= 0.3 is 0 Å². The Morgan fingerprint density at radius 2 is 2.00 bits per heavy atom. The van der Waals surface area contributed by atoms with Crippen molar-refractivity contribution in [3.63, 3.8) is 0 Å². The van der Waals surface area contributed by atoms with Crippen LogP contribution in [0.4, 0.5) is 17.5 Å². The molecule has 2 aromatic rings. The number of benzene rings is 1. The van der Waals surface area contributed by atoms with Crippen LogP contribution < -0.4 is 10.6 Å². The molecule has 0 atom stereocenters. The first-order valence-electron chi connectivity index (χ1n) is 5.34. The van der Waals surface area contributed by atoms with Crippen LogP contribution in [0, 0.1) is 6.92 Å². The van der Waals surface area contributed by atoms with Gasteiger partial charge in [0.2, 0.25) is 5.95 Å². The maximum absolute atomic E-state index is 5.97. The average Bonchev–Trinajstić information content (AvgIpc) is 2.33. The van der Waals surface area contributed by atoms with Crippen LogP contribution in [0.1, 0.15) is 5.69 Å². The number of rotatable bonds is 3. The van der Waals surface area contributed by atoms with Crippen LogP contribution in [0.25, 0.3) is 0 Å². The normalized spacial score (nSPS) is 10.2. The van der Waals surface area contributed by atoms with Crippen LogP contribution in [0.5, 0.6) is 0 Å². The third-order valence-electron chi connectivity index (χ3n) is 2.27. The van der Waals surface area contributed by atoms with Crippen molar-refractivity contribution in [2.75, 3.05) is 17.7 Å². The Labute approximate surface area is 119 Å². The Bertz CT molecular complexity index is 574. The minimum absolute atomic E-state index is 0.579. The standard InChI is InChI=1S/C12H12BrClN4/c1-7-5-11(18-12(15-2)16-7)17-10-6-8(14)3-4-9(10)13/h3-6H,1-2H3,(H2,15,16,17,18). The Morgan fingerprint density at radius 1 is 1.22 bits per heavy atom. The zero-order valence-corrected chi connectivity index (χ0v) is 12.3. The summed E-state index contributed by atoms with van der Waals surface area (Å²) in [5.74, 6) is 1.30. The van der Waals surface area contributed by atoms with E-state index in [4.69, 9.17) is 11.6 Å². The lowest BCUT2D eigenvalue weighted by molar-refractivity contribution is 1.10. The van der Waals surface area contributed by atoms with Gasteiger partial charge in [0.25, 0.3) is 0 Å². The summed E-state index contributed by atoms with van der Waals surface area (Å²) in [4.78, 5) is 8.55. The van der Waals surface area contributed by atoms with E-state index in [-0.39, 0.29) is 0 Å². The van der Waals surface area contributed by atoms with Gasteiger partial charge in [-0.3, -0.25) is 0 Å². The molecule has 94 valence electrons. The average molecular weight is 328 g/mol. The van der Waals surface area contributed by atoms with Crippen molar-refractivity contribution >= 4 is 45.0 Å². The van der Waals surface area contributed by atoms with Crippen LogP contribution in [-0.4, -0.2) is 17.0 Å². The molecule has 0 saturated heterocycles. The molecule has 4 nitrogen and oxygen atoms in total. The van der Waals surface area contributed by atoms with Crippen LogP contribution in [-0.2, 0) is 0 Å². The topological polar surface area (TPSA) is 49.8 Å². The van der Waals surface area contributed by atoms with E-state index in [1.807, 2.05) is 31.2 Å². The van der Waals surface area contributed by atoms with E-state index >= 15 is 0 Å². The summed E-state index contributed by atoms with van der Waals surface area (Å²) in [6.07, 6.45) is 0. The summed E-state index contributed by atoms with van der Waals surface area (Å²) in [7, 11) is 1.79. The third-order valence-corrected chi connectivity index (χ3v) is 3.20. The van der Waals surface area contributed by atoms with Gasteiger partial charge < -0.3 is 10.6 Å². The summed E-state index contributed by atoms with van der Waals surface area (Å²) < 4.78 is 0.925. The minimum Gasteiger partial charge on any atom is -0.357 e. The highest BCUT2D eigenvalue weighted by Crippen LogP contribution is 2.28. The molecule has 0 unspecified atom stereocenters. The quantitative estimate of drug-likeness (QED) is 0.895. The SMILES string of the molecule is CNc1nc(C)cc(Nc2cc(Cl)ccc2Br)n1. The van der Waals surface area contributed by atoms with E-state index in [2.05, 4.69) is 36.5 Å². The van der Waals surface area contributed by atoms with Crippen molar-refractivity contribution in [3.05, 3.63) is 39.5 Å². The lowest BCUT2D eigenvalue weighted by Crippen LogP contribution is -2.02. The molecule has 0 radical (unpaired) electrons. The van der Waals surface area contributed by atoms with Crippen LogP contribution in [0.2, 0.25) is 5.02 Å². The fourth-order valence-corrected chi connectivity index (χ4v) is 1.99. The van der Waals surface area contributed by atoms with Gasteiger partial charge in [0, 0.05) is 28.3 Å². The van der Waals surface area contributed by atoms with Gasteiger partial charge in [-0.25, -0.2) is 4.98 Å². The van der Waals surface area contributed by atoms with E-state index in [9.17, 15) is 0 Å². The largest absolute Gasteiger partial charge is 0.357 e. The minimum atomic E-state index is 0.579. The first kappa shape index (κ1) is 13.1. The molecule has 1 aromatic heterocycles. The number of aryl methyl sites for hydroxylation is 1. The number of anilines is 3. The fraction of sp³-hybridized carbons (Fsp3) is 0.167. The summed E-state index contributed by atoms with van der Waals surface area (Å²) in [5.41, 5.74) is 1.75. The number of nitrogens with zero attached hydrogens (tertiary/aromatic N) is 2. The van der Waals surface area contributed by atoms with Crippen molar-refractivity contribution in [3.8, 4) is 0 Å². The Balaban J connectivity index is 2.33. The maximum Gasteiger partial charge on any atom is 0.224 e. The number of nitrogens with one attached hydrogen (secondary N) is 2. The first-order chi connectivity index (χ1) is 8.58. The summed E-state index contributed by atoms with van der Waals surface area (Å²) in [5, 5.41) is 6.79. The highest BCUT2D eigenvalue weighted by Gasteiger charge is 2.04. The number of hydrogen-bond donors (Lipinski definition) is 2. The van der Waals surface area contributed by atoms with Crippen LogP contribution in [0.15, 0.2) is 28.7 Å². The van der Waals surface area contributed by atoms with Gasteiger partial charge in [-0.1, -0.05) is 11.6 Å². The van der Waals surface area contributed by atoms with Crippen LogP contribution in [0.3, 0.4) is 0 Å². The highest BCUT2D eigenvalue weighted by molar-refractivity contribution is 9.10. The van der Waals surface area contributed by atoms with E-state index in [0.717, 1.165) is 21.7 Å². The lowest BCUT2D eigenvalue weighted by atomic mass is 10.3. The molecule has 0 aliphatic rings. The zero-order valence-electron chi connectivity index (χ0n) is 9.96. The van der Waals surface area contributed by atoms with E-state index in [1.165, 1.54) is 0 Å². The first-order valence-corrected chi connectivity index (χ1v) is 6.51. The number of aromatic nitrogens is 2. The molecule has 6 heteroatoms. The lowest BCUT2D eigenvalue weighted by Gasteiger charge is -2.10. The summed E-state index contributed by atoms with van der Waals surface area (Å²) in [6.45, 7) is 1.92. The van der Waals surface area contributed by atoms with Gasteiger partial charge in [-0.15, -0.1) is 0 Å². The second-order valence-corrected chi connectivity index (χ2v) is 5.01. The smallest absolute Gasteiger partial charge is 0.224 e. The molecule has 18 heavy (non-hydrogen) atoms. The zero-order chi connectivity index (χ0) is 13.1. The molecule has 0 saturated carbocycles. The van der Waals surface area contributed by atoms with Gasteiger partial charge in [-0.05, 0) is 41.1 Å². The second kappa shape index (κ2) is 5.54. The molecular weight excluding hydrogens is 316 g/mol. The molecule has 2 N–H and O–H groups in total. The Hall–Kier alpha value is -1.33. The fourth-order valence-electron chi connectivity index (χ4n) is 1.48. The molecular formula is C12H12BrClN4. The molecule has 0 aliphatic carbocycles. The third kappa shape index (κ3) is 3.11. The van der Waals surface area contributed by atoms with E-state index in [1.54, 1.807) is 7.05 Å². The Morgan fingerprint density at radius 3 is 2.72 bits per heavy atom. The van der Waals surface area contributed by atoms with Gasteiger partial charge in [0.1, 0.15) is 5.82 Å². The van der Waals surface area contributed by atoms with Crippen molar-refractivity contribution in [2.24, 2.45) is 0 Å². The van der Waals surface area contributed by atoms with E-state index < -0.39 is 0 Å². The molecule has 0 bridgehead atoms. The van der Waals surface area contributed by atoms with Crippen LogP contribution >= 0.6 is 27.5 Å². The molecule has 1 heterocycles. The Kier molecular flexibility index (Phi) is 4.04. The van der Waals surface area contributed by atoms with Crippen molar-refractivity contribution < 1.29 is 0 Å². The summed E-state index contributed by atoms with van der Waals surface area (Å²) in [6, 6.07) is 7.41. The highest BCUT2D eigenvalue weighted by atomic mass is 79.9. The van der Waals surface area contributed by atoms with Crippen molar-refractivity contribution in [1.29, 1.82) is 0 Å². The maximum atomic E-state index is 5.97. The van der Waals surface area contributed by atoms with Gasteiger partial charge in [0.05, 0.1) is 5.69 Å². The van der Waals surface area contributed by atoms with Crippen molar-refractivity contribution in [1.82, 2.24) is 9.97 Å². The molecule has 0 fully saturated rings. The monoisotopic (exact) mass is 326 g/mol. The number of halogens is 2. The molecule has 2 rings (SSSR count). The predicted molar refractivity (Wildman–Crippen MR) is 78.8 cm³/mol. The molecule has 0 aliphatic heterocycles. The number of hydrogen-bond acceptors (Lipinski definition) is 4. The van der Waals surface area contributed by atoms with E-state index in [0.29, 0.717) is 11.0 Å². The van der Waals surface area contributed by atoms with Crippen molar-refractivity contribution in [2.45, 2.75) is 6.92 Å². The molecule has 1 aromatic carbocycles. The molecule has 0 amide bonds. The predicted octanol–water partition coefficient (Wildman–Crippen LogP) is 3.99. The molecule has 0 spiro atoms. The van der Waals surface area contributed by atoms with Gasteiger partial charge in [-0.2, -0.15) is 4.98 Å². The van der Waals surface area contributed by atoms with Gasteiger partial charge in [0.15, 0.2) is 0 Å². The second-order valence-electron chi connectivity index (χ2n) is 3.72. The summed E-state index contributed by atoms with van der Waals surface area (Å²) >= 11 is 9.43.